The van der Waals surface area contributed by atoms with E-state index < -0.39 is 0 Å². The van der Waals surface area contributed by atoms with E-state index in [9.17, 15) is 10.1 Å². The quantitative estimate of drug-likeness (QED) is 0.349. The molecular formula is C29H19N3O4. The number of hydrogen-bond acceptors (Lipinski definition) is 7. The van der Waals surface area contributed by atoms with Crippen LogP contribution >= 0.6 is 0 Å². The van der Waals surface area contributed by atoms with Gasteiger partial charge in [0.2, 0.25) is 5.88 Å². The third-order valence-electron chi connectivity index (χ3n) is 5.75. The first kappa shape index (κ1) is 22.6. The zero-order valence-electron chi connectivity index (χ0n) is 19.1. The Morgan fingerprint density at radius 3 is 2.50 bits per heavy atom. The van der Waals surface area contributed by atoms with Crippen molar-refractivity contribution in [3.63, 3.8) is 0 Å². The van der Waals surface area contributed by atoms with Crippen molar-refractivity contribution < 1.29 is 19.0 Å². The fourth-order valence-corrected chi connectivity index (χ4v) is 4.03. The Morgan fingerprint density at radius 2 is 1.69 bits per heavy atom. The first-order chi connectivity index (χ1) is 17.7. The molecule has 3 aromatic carbocycles. The molecule has 7 nitrogen and oxygen atoms in total. The summed E-state index contributed by atoms with van der Waals surface area (Å²) in [4.78, 5) is 16.2. The number of carbonyl (C=O) groups excluding carboxylic acids is 1. The number of aromatic nitrogens is 1. The third kappa shape index (κ3) is 4.46. The number of nitriles is 2. The molecule has 0 bridgehead atoms. The molecule has 1 aliphatic rings. The highest BCUT2D eigenvalue weighted by molar-refractivity contribution is 5.84. The molecule has 0 spiro atoms. The number of fused-ring (bicyclic) bond motifs is 1. The molecule has 0 atom stereocenters. The van der Waals surface area contributed by atoms with E-state index in [-0.39, 0.29) is 18.1 Å². The Bertz CT molecular complexity index is 1550. The van der Waals surface area contributed by atoms with Crippen LogP contribution in [0.1, 0.15) is 27.0 Å². The molecule has 1 aromatic heterocycles. The van der Waals surface area contributed by atoms with Gasteiger partial charge in [-0.05, 0) is 47.5 Å². The van der Waals surface area contributed by atoms with Gasteiger partial charge in [-0.25, -0.2) is 4.98 Å². The topological polar surface area (TPSA) is 105 Å². The van der Waals surface area contributed by atoms with Gasteiger partial charge in [-0.1, -0.05) is 36.4 Å². The number of nitrogens with zero attached hydrogens (tertiary/aromatic N) is 3. The maximum Gasteiger partial charge on any atom is 0.225 e. The standard InChI is InChI=1S/C29H19N3O4/c30-15-19-3-1-4-20(13-19)18-36-29-22(17-33)7-9-26(32-29)24-6-2-5-23(25(24)16-31)21-8-10-27-28(14-21)35-12-11-34-27/h1-10,13-14,17H,11-12,18H2. The van der Waals surface area contributed by atoms with Crippen LogP contribution in [0.3, 0.4) is 0 Å². The van der Waals surface area contributed by atoms with E-state index in [0.717, 1.165) is 16.7 Å². The van der Waals surface area contributed by atoms with Gasteiger partial charge in [0.1, 0.15) is 25.9 Å². The maximum atomic E-state index is 11.6. The Labute approximate surface area is 207 Å². The molecular weight excluding hydrogens is 454 g/mol. The first-order valence-electron chi connectivity index (χ1n) is 11.2. The second kappa shape index (κ2) is 10.0. The molecule has 2 heterocycles. The van der Waals surface area contributed by atoms with Gasteiger partial charge in [0.25, 0.3) is 0 Å². The molecule has 4 aromatic rings. The zero-order valence-corrected chi connectivity index (χ0v) is 19.1. The Morgan fingerprint density at radius 1 is 0.889 bits per heavy atom. The van der Waals surface area contributed by atoms with E-state index in [1.807, 2.05) is 42.5 Å². The predicted molar refractivity (Wildman–Crippen MR) is 132 cm³/mol. The van der Waals surface area contributed by atoms with Crippen LogP contribution < -0.4 is 14.2 Å². The zero-order chi connectivity index (χ0) is 24.9. The number of benzene rings is 3. The Hall–Kier alpha value is -5.14. The van der Waals surface area contributed by atoms with Crippen molar-refractivity contribution in [2.24, 2.45) is 0 Å². The number of pyridine rings is 1. The Balaban J connectivity index is 1.51. The molecule has 7 heteroatoms. The summed E-state index contributed by atoms with van der Waals surface area (Å²) in [7, 11) is 0. The average molecular weight is 473 g/mol. The highest BCUT2D eigenvalue weighted by atomic mass is 16.6. The van der Waals surface area contributed by atoms with Gasteiger partial charge < -0.3 is 14.2 Å². The monoisotopic (exact) mass is 473 g/mol. The van der Waals surface area contributed by atoms with Crippen LogP contribution in [0.15, 0.2) is 72.8 Å². The average Bonchev–Trinajstić information content (AvgIpc) is 2.95. The Kier molecular flexibility index (Phi) is 6.29. The largest absolute Gasteiger partial charge is 0.486 e. The summed E-state index contributed by atoms with van der Waals surface area (Å²) in [6.07, 6.45) is 0.675. The molecule has 0 fully saturated rings. The second-order valence-electron chi connectivity index (χ2n) is 8.01. The smallest absolute Gasteiger partial charge is 0.225 e. The lowest BCUT2D eigenvalue weighted by Gasteiger charge is -2.19. The predicted octanol–water partition coefficient (Wildman–Crippen LogP) is 5.32. The van der Waals surface area contributed by atoms with Gasteiger partial charge in [0.15, 0.2) is 17.8 Å². The fourth-order valence-electron chi connectivity index (χ4n) is 4.03. The highest BCUT2D eigenvalue weighted by Crippen LogP contribution is 2.38. The molecule has 0 aliphatic carbocycles. The van der Waals surface area contributed by atoms with Crippen molar-refractivity contribution in [1.82, 2.24) is 4.98 Å². The van der Waals surface area contributed by atoms with Crippen LogP contribution in [0.4, 0.5) is 0 Å². The van der Waals surface area contributed by atoms with Crippen molar-refractivity contribution >= 4 is 6.29 Å². The summed E-state index contributed by atoms with van der Waals surface area (Å²) in [6, 6.07) is 25.8. The van der Waals surface area contributed by atoms with Crippen molar-refractivity contribution in [2.45, 2.75) is 6.61 Å². The molecule has 0 saturated heterocycles. The van der Waals surface area contributed by atoms with E-state index in [0.29, 0.717) is 53.4 Å². The molecule has 0 amide bonds. The van der Waals surface area contributed by atoms with Crippen molar-refractivity contribution in [1.29, 1.82) is 10.5 Å². The first-order valence-corrected chi connectivity index (χ1v) is 11.2. The van der Waals surface area contributed by atoms with Gasteiger partial charge in [-0.2, -0.15) is 10.5 Å². The minimum Gasteiger partial charge on any atom is -0.486 e. The van der Waals surface area contributed by atoms with Gasteiger partial charge >= 0.3 is 0 Å². The molecule has 0 radical (unpaired) electrons. The van der Waals surface area contributed by atoms with Crippen LogP contribution in [0.2, 0.25) is 0 Å². The second-order valence-corrected chi connectivity index (χ2v) is 8.01. The van der Waals surface area contributed by atoms with E-state index >= 15 is 0 Å². The van der Waals surface area contributed by atoms with Crippen LogP contribution in [0.25, 0.3) is 22.4 Å². The molecule has 0 N–H and O–H groups in total. The number of hydrogen-bond donors (Lipinski definition) is 0. The molecule has 36 heavy (non-hydrogen) atoms. The minimum absolute atomic E-state index is 0.134. The molecule has 0 saturated carbocycles. The molecule has 1 aliphatic heterocycles. The van der Waals surface area contributed by atoms with Crippen molar-refractivity contribution in [3.05, 3.63) is 95.1 Å². The molecule has 0 unspecified atom stereocenters. The summed E-state index contributed by atoms with van der Waals surface area (Å²) in [6.45, 7) is 1.11. The summed E-state index contributed by atoms with van der Waals surface area (Å²) < 4.78 is 17.2. The van der Waals surface area contributed by atoms with Crippen LogP contribution in [0.5, 0.6) is 17.4 Å². The normalized spacial score (nSPS) is 11.7. The van der Waals surface area contributed by atoms with Crippen LogP contribution in [0, 0.1) is 22.7 Å². The minimum atomic E-state index is 0.134. The lowest BCUT2D eigenvalue weighted by atomic mass is 9.94. The number of ether oxygens (including phenoxy) is 3. The van der Waals surface area contributed by atoms with E-state index in [4.69, 9.17) is 19.5 Å². The molecule has 174 valence electrons. The number of rotatable bonds is 6. The lowest BCUT2D eigenvalue weighted by molar-refractivity contribution is 0.111. The van der Waals surface area contributed by atoms with Crippen LogP contribution in [-0.2, 0) is 6.61 Å². The van der Waals surface area contributed by atoms with Gasteiger partial charge in [-0.15, -0.1) is 0 Å². The number of aldehydes is 1. The van der Waals surface area contributed by atoms with E-state index in [1.54, 1.807) is 30.3 Å². The van der Waals surface area contributed by atoms with Gasteiger partial charge in [-0.3, -0.25) is 4.79 Å². The summed E-state index contributed by atoms with van der Waals surface area (Å²) in [5.74, 6) is 1.46. The maximum absolute atomic E-state index is 11.6. The van der Waals surface area contributed by atoms with Gasteiger partial charge in [0.05, 0.1) is 28.5 Å². The van der Waals surface area contributed by atoms with Crippen molar-refractivity contribution in [2.75, 3.05) is 13.2 Å². The fraction of sp³-hybridized carbons (Fsp3) is 0.103. The summed E-state index contributed by atoms with van der Waals surface area (Å²) >= 11 is 0. The van der Waals surface area contributed by atoms with Crippen molar-refractivity contribution in [3.8, 4) is 51.9 Å². The highest BCUT2D eigenvalue weighted by Gasteiger charge is 2.18. The lowest BCUT2D eigenvalue weighted by Crippen LogP contribution is -2.15. The van der Waals surface area contributed by atoms with Gasteiger partial charge in [0, 0.05) is 11.1 Å². The van der Waals surface area contributed by atoms with E-state index in [2.05, 4.69) is 17.1 Å². The summed E-state index contributed by atoms with van der Waals surface area (Å²) in [5, 5.41) is 19.2. The summed E-state index contributed by atoms with van der Waals surface area (Å²) in [5.41, 5.74) is 4.67. The SMILES string of the molecule is N#Cc1cccc(COc2nc(-c3cccc(-c4ccc5c(c4)OCCO5)c3C#N)ccc2C=O)c1. The third-order valence-corrected chi connectivity index (χ3v) is 5.75. The van der Waals surface area contributed by atoms with E-state index in [1.165, 1.54) is 0 Å². The molecule has 5 rings (SSSR count). The number of carbonyl (C=O) groups is 1. The van der Waals surface area contributed by atoms with Crippen LogP contribution in [-0.4, -0.2) is 24.5 Å².